The lowest BCUT2D eigenvalue weighted by atomic mass is 10.2. The van der Waals surface area contributed by atoms with Gasteiger partial charge in [0.25, 0.3) is 0 Å². The van der Waals surface area contributed by atoms with Gasteiger partial charge in [0, 0.05) is 13.1 Å². The number of aliphatic carboxylic acids is 1. The van der Waals surface area contributed by atoms with E-state index in [0.717, 1.165) is 24.9 Å². The molecule has 0 aromatic rings. The highest BCUT2D eigenvalue weighted by Gasteiger charge is 2.25. The summed E-state index contributed by atoms with van der Waals surface area (Å²) in [6.07, 6.45) is 0. The lowest BCUT2D eigenvalue weighted by Crippen LogP contribution is -2.45. The van der Waals surface area contributed by atoms with Crippen molar-refractivity contribution in [3.05, 3.63) is 0 Å². The Morgan fingerprint density at radius 1 is 1.47 bits per heavy atom. The van der Waals surface area contributed by atoms with E-state index in [4.69, 9.17) is 17.0 Å². The zero-order valence-corrected chi connectivity index (χ0v) is 10.4. The second kappa shape index (κ2) is 5.14. The summed E-state index contributed by atoms with van der Waals surface area (Å²) >= 11 is 6.34. The smallest absolute Gasteiger partial charge is 0.137 e. The molecule has 1 fully saturated rings. The minimum absolute atomic E-state index is 0.604. The van der Waals surface area contributed by atoms with Crippen LogP contribution in [0, 0.1) is 0 Å². The molecule has 1 aliphatic heterocycles. The maximum atomic E-state index is 10.8. The van der Waals surface area contributed by atoms with Crippen molar-refractivity contribution in [2.24, 2.45) is 0 Å². The fraction of sp³-hybridized carbons (Fsp3) is 0.778. The molecule has 0 aliphatic carbocycles. The van der Waals surface area contributed by atoms with Gasteiger partial charge in [-0.15, -0.1) is 0 Å². The first-order valence-electron chi connectivity index (χ1n) is 4.70. The van der Waals surface area contributed by atoms with Gasteiger partial charge in [0.2, 0.25) is 0 Å². The molecule has 4 nitrogen and oxygen atoms in total. The summed E-state index contributed by atoms with van der Waals surface area (Å²) < 4.78 is 4.82. The molecule has 1 rings (SSSR count). The molecule has 1 saturated heterocycles. The lowest BCUT2D eigenvalue weighted by Gasteiger charge is -2.33. The average Bonchev–Trinajstić information content (AvgIpc) is 2.18. The quantitative estimate of drug-likeness (QED) is 0.634. The monoisotopic (exact) mass is 248 g/mol. The number of hydrogen-bond acceptors (Lipinski definition) is 5. The van der Waals surface area contributed by atoms with Gasteiger partial charge in [0.15, 0.2) is 0 Å². The van der Waals surface area contributed by atoms with Crippen LogP contribution in [0.25, 0.3) is 0 Å². The van der Waals surface area contributed by atoms with Crippen molar-refractivity contribution in [1.82, 2.24) is 4.90 Å². The summed E-state index contributed by atoms with van der Waals surface area (Å²) in [5, 5.41) is 10.8. The van der Waals surface area contributed by atoms with Crippen LogP contribution in [-0.2, 0) is 9.53 Å². The van der Waals surface area contributed by atoms with Gasteiger partial charge in [0.05, 0.1) is 23.9 Å². The molecule has 0 spiro atoms. The predicted molar refractivity (Wildman–Crippen MR) is 61.7 cm³/mol. The molecule has 0 aromatic carbocycles. The Morgan fingerprint density at radius 3 is 2.47 bits per heavy atom. The van der Waals surface area contributed by atoms with Gasteiger partial charge >= 0.3 is 0 Å². The van der Waals surface area contributed by atoms with E-state index in [2.05, 4.69) is 0 Å². The van der Waals surface area contributed by atoms with E-state index in [1.165, 1.54) is 0 Å². The SMILES string of the molecule is CC(C)(SC(=S)N1CCOCC1)C(=O)[O-]. The van der Waals surface area contributed by atoms with Gasteiger partial charge in [0.1, 0.15) is 4.32 Å². The third-order valence-corrected chi connectivity index (χ3v) is 3.72. The Hall–Kier alpha value is -0.330. The first-order chi connectivity index (χ1) is 6.93. The Balaban J connectivity index is 2.50. The van der Waals surface area contributed by atoms with Crippen LogP contribution in [0.15, 0.2) is 0 Å². The minimum Gasteiger partial charge on any atom is -0.549 e. The second-order valence-corrected chi connectivity index (χ2v) is 6.02. The average molecular weight is 248 g/mol. The Labute approximate surface area is 99.0 Å². The highest BCUT2D eigenvalue weighted by molar-refractivity contribution is 8.24. The van der Waals surface area contributed by atoms with Crippen LogP contribution in [0.5, 0.6) is 0 Å². The molecule has 0 saturated carbocycles. The van der Waals surface area contributed by atoms with Crippen LogP contribution >= 0.6 is 24.0 Å². The van der Waals surface area contributed by atoms with E-state index >= 15 is 0 Å². The van der Waals surface area contributed by atoms with Crippen molar-refractivity contribution in [3.8, 4) is 0 Å². The van der Waals surface area contributed by atoms with Crippen LogP contribution in [0.2, 0.25) is 0 Å². The van der Waals surface area contributed by atoms with Crippen LogP contribution in [0.4, 0.5) is 0 Å². The first-order valence-corrected chi connectivity index (χ1v) is 5.93. The maximum absolute atomic E-state index is 10.8. The van der Waals surface area contributed by atoms with Crippen molar-refractivity contribution in [2.45, 2.75) is 18.6 Å². The van der Waals surface area contributed by atoms with Crippen molar-refractivity contribution in [1.29, 1.82) is 0 Å². The molecule has 15 heavy (non-hydrogen) atoms. The molecule has 0 aromatic heterocycles. The van der Waals surface area contributed by atoms with Gasteiger partial charge in [-0.2, -0.15) is 0 Å². The Kier molecular flexibility index (Phi) is 4.36. The molecule has 0 unspecified atom stereocenters. The van der Waals surface area contributed by atoms with E-state index in [1.54, 1.807) is 13.8 Å². The lowest BCUT2D eigenvalue weighted by molar-refractivity contribution is -0.308. The number of rotatable bonds is 2. The predicted octanol–water partition coefficient (Wildman–Crippen LogP) is -0.135. The summed E-state index contributed by atoms with van der Waals surface area (Å²) in [4.78, 5) is 12.8. The van der Waals surface area contributed by atoms with Crippen molar-refractivity contribution in [2.75, 3.05) is 26.3 Å². The minimum atomic E-state index is -1.09. The molecule has 0 radical (unpaired) electrons. The maximum Gasteiger partial charge on any atom is 0.137 e. The molecular weight excluding hydrogens is 234 g/mol. The van der Waals surface area contributed by atoms with Crippen molar-refractivity contribution < 1.29 is 14.6 Å². The number of carboxylic acid groups (broad SMARTS) is 1. The van der Waals surface area contributed by atoms with E-state index in [1.807, 2.05) is 4.90 Å². The number of carbonyl (C=O) groups is 1. The standard InChI is InChI=1S/C9H15NO3S2/c1-9(2,7(11)12)15-8(14)10-3-5-13-6-4-10/h3-6H2,1-2H3,(H,11,12)/p-1. The fourth-order valence-corrected chi connectivity index (χ4v) is 2.71. The van der Waals surface area contributed by atoms with Gasteiger partial charge in [-0.25, -0.2) is 0 Å². The molecule has 6 heteroatoms. The third kappa shape index (κ3) is 3.62. The topological polar surface area (TPSA) is 52.6 Å². The largest absolute Gasteiger partial charge is 0.549 e. The van der Waals surface area contributed by atoms with Crippen molar-refractivity contribution in [3.63, 3.8) is 0 Å². The van der Waals surface area contributed by atoms with Gasteiger partial charge in [-0.3, -0.25) is 0 Å². The van der Waals surface area contributed by atoms with Crippen LogP contribution < -0.4 is 5.11 Å². The summed E-state index contributed by atoms with van der Waals surface area (Å²) in [7, 11) is 0. The van der Waals surface area contributed by atoms with Gasteiger partial charge in [-0.05, 0) is 13.8 Å². The number of nitrogens with zero attached hydrogens (tertiary/aromatic N) is 1. The molecule has 86 valence electrons. The molecular formula is C9H14NO3S2-. The Morgan fingerprint density at radius 2 is 2.00 bits per heavy atom. The molecule has 0 atom stereocenters. The molecule has 1 aliphatic rings. The normalized spacial score (nSPS) is 17.6. The summed E-state index contributed by atoms with van der Waals surface area (Å²) in [5.41, 5.74) is 0. The summed E-state index contributed by atoms with van der Waals surface area (Å²) in [6.45, 7) is 5.95. The first kappa shape index (κ1) is 12.7. The van der Waals surface area contributed by atoms with Crippen LogP contribution in [0.3, 0.4) is 0 Å². The highest BCUT2D eigenvalue weighted by Crippen LogP contribution is 2.27. The number of ether oxygens (including phenoxy) is 1. The third-order valence-electron chi connectivity index (χ3n) is 2.10. The highest BCUT2D eigenvalue weighted by atomic mass is 32.2. The van der Waals surface area contributed by atoms with E-state index < -0.39 is 10.7 Å². The Bertz CT molecular complexity index is 262. The van der Waals surface area contributed by atoms with E-state index in [9.17, 15) is 9.90 Å². The second-order valence-electron chi connectivity index (χ2n) is 3.77. The van der Waals surface area contributed by atoms with Crippen LogP contribution in [-0.4, -0.2) is 46.2 Å². The number of carbonyl (C=O) groups excluding carboxylic acids is 1. The summed E-state index contributed by atoms with van der Waals surface area (Å²) in [5.74, 6) is -1.09. The van der Waals surface area contributed by atoms with E-state index in [0.29, 0.717) is 17.5 Å². The van der Waals surface area contributed by atoms with Crippen molar-refractivity contribution >= 4 is 34.3 Å². The summed E-state index contributed by atoms with van der Waals surface area (Å²) in [6, 6.07) is 0. The molecule has 1 heterocycles. The molecule has 0 amide bonds. The molecule has 0 bridgehead atoms. The van der Waals surface area contributed by atoms with Gasteiger partial charge in [-0.1, -0.05) is 24.0 Å². The number of thiocarbonyl (C=S) groups is 1. The van der Waals surface area contributed by atoms with Gasteiger partial charge < -0.3 is 19.5 Å². The number of hydrogen-bond donors (Lipinski definition) is 0. The van der Waals surface area contributed by atoms with E-state index in [-0.39, 0.29) is 0 Å². The zero-order chi connectivity index (χ0) is 11.5. The number of thioether (sulfide) groups is 1. The fourth-order valence-electron chi connectivity index (χ4n) is 1.07. The zero-order valence-electron chi connectivity index (χ0n) is 8.82. The number of carboxylic acids is 1. The molecule has 0 N–H and O–H groups in total. The van der Waals surface area contributed by atoms with Crippen LogP contribution in [0.1, 0.15) is 13.8 Å². The number of morpholine rings is 1.